The van der Waals surface area contributed by atoms with Gasteiger partial charge < -0.3 is 4.74 Å². The molecule has 2 aromatic rings. The van der Waals surface area contributed by atoms with Crippen molar-refractivity contribution < 1.29 is 13.9 Å². The highest BCUT2D eigenvalue weighted by Crippen LogP contribution is 2.26. The SMILES string of the molecule is NNC(=O)Cc1ccccc1COc1ccc(F)cc1Cl. The van der Waals surface area contributed by atoms with Crippen LogP contribution >= 0.6 is 11.6 Å². The van der Waals surface area contributed by atoms with Gasteiger partial charge in [0.1, 0.15) is 18.2 Å². The van der Waals surface area contributed by atoms with Gasteiger partial charge in [-0.05, 0) is 29.3 Å². The molecule has 0 unspecified atom stereocenters. The average molecular weight is 309 g/mol. The van der Waals surface area contributed by atoms with Crippen molar-refractivity contribution >= 4 is 17.5 Å². The fourth-order valence-electron chi connectivity index (χ4n) is 1.84. The van der Waals surface area contributed by atoms with E-state index in [0.717, 1.165) is 11.1 Å². The van der Waals surface area contributed by atoms with E-state index in [1.54, 1.807) is 0 Å². The normalized spacial score (nSPS) is 10.2. The summed E-state index contributed by atoms with van der Waals surface area (Å²) in [5.74, 6) is 4.76. The lowest BCUT2D eigenvalue weighted by Crippen LogP contribution is -2.31. The number of rotatable bonds is 5. The van der Waals surface area contributed by atoms with Gasteiger partial charge in [-0.25, -0.2) is 10.2 Å². The molecule has 0 aliphatic heterocycles. The Morgan fingerprint density at radius 1 is 1.24 bits per heavy atom. The Morgan fingerprint density at radius 3 is 2.62 bits per heavy atom. The van der Waals surface area contributed by atoms with Crippen LogP contribution in [0.25, 0.3) is 0 Å². The second-order valence-corrected chi connectivity index (χ2v) is 4.78. The number of benzene rings is 2. The van der Waals surface area contributed by atoms with E-state index in [4.69, 9.17) is 22.2 Å². The van der Waals surface area contributed by atoms with Crippen LogP contribution in [0.2, 0.25) is 5.02 Å². The van der Waals surface area contributed by atoms with Crippen LogP contribution in [-0.4, -0.2) is 5.91 Å². The first-order valence-corrected chi connectivity index (χ1v) is 6.62. The zero-order valence-electron chi connectivity index (χ0n) is 11.1. The maximum Gasteiger partial charge on any atom is 0.238 e. The third-order valence-electron chi connectivity index (χ3n) is 2.91. The molecule has 2 aromatic carbocycles. The smallest absolute Gasteiger partial charge is 0.238 e. The van der Waals surface area contributed by atoms with Crippen LogP contribution in [0.4, 0.5) is 4.39 Å². The fourth-order valence-corrected chi connectivity index (χ4v) is 2.06. The quantitative estimate of drug-likeness (QED) is 0.507. The lowest BCUT2D eigenvalue weighted by molar-refractivity contribution is -0.120. The van der Waals surface area contributed by atoms with Gasteiger partial charge in [0.2, 0.25) is 5.91 Å². The minimum absolute atomic E-state index is 0.160. The molecule has 0 radical (unpaired) electrons. The summed E-state index contributed by atoms with van der Waals surface area (Å²) in [7, 11) is 0. The summed E-state index contributed by atoms with van der Waals surface area (Å²) < 4.78 is 18.5. The first-order chi connectivity index (χ1) is 10.1. The second-order valence-electron chi connectivity index (χ2n) is 4.38. The molecule has 0 fully saturated rings. The highest BCUT2D eigenvalue weighted by Gasteiger charge is 2.09. The predicted octanol–water partition coefficient (Wildman–Crippen LogP) is 2.59. The lowest BCUT2D eigenvalue weighted by Gasteiger charge is -2.11. The molecule has 21 heavy (non-hydrogen) atoms. The van der Waals surface area contributed by atoms with E-state index in [1.165, 1.54) is 18.2 Å². The third-order valence-corrected chi connectivity index (χ3v) is 3.20. The predicted molar refractivity (Wildman–Crippen MR) is 78.2 cm³/mol. The van der Waals surface area contributed by atoms with Crippen LogP contribution in [0, 0.1) is 5.82 Å². The monoisotopic (exact) mass is 308 g/mol. The topological polar surface area (TPSA) is 64.3 Å². The Bertz CT molecular complexity index is 649. The van der Waals surface area contributed by atoms with Crippen molar-refractivity contribution in [2.45, 2.75) is 13.0 Å². The van der Waals surface area contributed by atoms with E-state index in [2.05, 4.69) is 5.43 Å². The molecular formula is C15H14ClFN2O2. The standard InChI is InChI=1S/C15H14ClFN2O2/c16-13-8-12(17)5-6-14(13)21-9-11-4-2-1-3-10(11)7-15(20)19-18/h1-6,8H,7,9,18H2,(H,19,20). The molecule has 0 aromatic heterocycles. The highest BCUT2D eigenvalue weighted by atomic mass is 35.5. The van der Waals surface area contributed by atoms with Crippen molar-refractivity contribution in [2.75, 3.05) is 0 Å². The molecule has 0 aliphatic carbocycles. The van der Waals surface area contributed by atoms with Crippen molar-refractivity contribution in [3.8, 4) is 5.75 Å². The molecule has 0 aliphatic rings. The van der Waals surface area contributed by atoms with Crippen LogP contribution in [0.15, 0.2) is 42.5 Å². The molecule has 4 nitrogen and oxygen atoms in total. The minimum Gasteiger partial charge on any atom is -0.487 e. The van der Waals surface area contributed by atoms with Gasteiger partial charge in [0.05, 0.1) is 11.4 Å². The Kier molecular flexibility index (Phi) is 5.14. The summed E-state index contributed by atoms with van der Waals surface area (Å²) in [6.07, 6.45) is 0.160. The summed E-state index contributed by atoms with van der Waals surface area (Å²) in [4.78, 5) is 11.4. The van der Waals surface area contributed by atoms with Crippen molar-refractivity contribution in [1.82, 2.24) is 5.43 Å². The summed E-state index contributed by atoms with van der Waals surface area (Å²) in [5, 5.41) is 0.201. The minimum atomic E-state index is -0.424. The van der Waals surface area contributed by atoms with Crippen LogP contribution in [0.5, 0.6) is 5.75 Å². The fraction of sp³-hybridized carbons (Fsp3) is 0.133. The Labute approximate surface area is 126 Å². The van der Waals surface area contributed by atoms with Crippen molar-refractivity contribution in [3.05, 3.63) is 64.4 Å². The number of hydrazine groups is 1. The van der Waals surface area contributed by atoms with Gasteiger partial charge in [0.25, 0.3) is 0 Å². The van der Waals surface area contributed by atoms with Gasteiger partial charge in [0.15, 0.2) is 0 Å². The molecule has 0 atom stereocenters. The van der Waals surface area contributed by atoms with Crippen LogP contribution in [0.1, 0.15) is 11.1 Å². The second kappa shape index (κ2) is 7.06. The lowest BCUT2D eigenvalue weighted by atomic mass is 10.1. The first kappa shape index (κ1) is 15.3. The van der Waals surface area contributed by atoms with E-state index < -0.39 is 5.82 Å². The number of carbonyl (C=O) groups excluding carboxylic acids is 1. The number of nitrogens with two attached hydrogens (primary N) is 1. The number of nitrogens with one attached hydrogen (secondary N) is 1. The summed E-state index contributed by atoms with van der Waals surface area (Å²) in [6, 6.07) is 11.3. The van der Waals surface area contributed by atoms with Gasteiger partial charge in [-0.2, -0.15) is 0 Å². The molecule has 3 N–H and O–H groups in total. The molecule has 0 heterocycles. The number of ether oxygens (including phenoxy) is 1. The molecule has 0 saturated heterocycles. The first-order valence-electron chi connectivity index (χ1n) is 6.24. The molecule has 0 saturated carbocycles. The number of hydrogen-bond donors (Lipinski definition) is 2. The number of halogens is 2. The average Bonchev–Trinajstić information content (AvgIpc) is 2.47. The Hall–Kier alpha value is -2.11. The van der Waals surface area contributed by atoms with Crippen LogP contribution < -0.4 is 16.0 Å². The van der Waals surface area contributed by atoms with Crippen LogP contribution in [0.3, 0.4) is 0 Å². The van der Waals surface area contributed by atoms with Gasteiger partial charge >= 0.3 is 0 Å². The largest absolute Gasteiger partial charge is 0.487 e. The number of amides is 1. The zero-order valence-corrected chi connectivity index (χ0v) is 11.9. The van der Waals surface area contributed by atoms with E-state index in [1.807, 2.05) is 24.3 Å². The maximum atomic E-state index is 13.0. The third kappa shape index (κ3) is 4.18. The number of hydrogen-bond acceptors (Lipinski definition) is 3. The Morgan fingerprint density at radius 2 is 1.95 bits per heavy atom. The summed E-state index contributed by atoms with van der Waals surface area (Å²) >= 11 is 5.90. The van der Waals surface area contributed by atoms with Gasteiger partial charge in [-0.15, -0.1) is 0 Å². The molecule has 6 heteroatoms. The van der Waals surface area contributed by atoms with Gasteiger partial charge in [0, 0.05) is 0 Å². The maximum absolute atomic E-state index is 13.0. The zero-order chi connectivity index (χ0) is 15.2. The molecule has 1 amide bonds. The van der Waals surface area contributed by atoms with E-state index in [9.17, 15) is 9.18 Å². The van der Waals surface area contributed by atoms with Crippen molar-refractivity contribution in [3.63, 3.8) is 0 Å². The summed E-state index contributed by atoms with van der Waals surface area (Å²) in [5.41, 5.74) is 3.73. The summed E-state index contributed by atoms with van der Waals surface area (Å²) in [6.45, 7) is 0.222. The van der Waals surface area contributed by atoms with E-state index >= 15 is 0 Å². The Balaban J connectivity index is 2.11. The van der Waals surface area contributed by atoms with E-state index in [0.29, 0.717) is 5.75 Å². The molecule has 0 spiro atoms. The highest BCUT2D eigenvalue weighted by molar-refractivity contribution is 6.32. The van der Waals surface area contributed by atoms with Crippen molar-refractivity contribution in [1.29, 1.82) is 0 Å². The molecule has 110 valence electrons. The number of carbonyl (C=O) groups is 1. The molecule has 0 bridgehead atoms. The molecular weight excluding hydrogens is 295 g/mol. The van der Waals surface area contributed by atoms with Crippen molar-refractivity contribution in [2.24, 2.45) is 5.84 Å². The van der Waals surface area contributed by atoms with Gasteiger partial charge in [-0.1, -0.05) is 35.9 Å². The van der Waals surface area contributed by atoms with E-state index in [-0.39, 0.29) is 24.0 Å². The molecule has 2 rings (SSSR count). The van der Waals surface area contributed by atoms with Gasteiger partial charge in [-0.3, -0.25) is 10.2 Å². The van der Waals surface area contributed by atoms with Crippen LogP contribution in [-0.2, 0) is 17.8 Å².